The Kier molecular flexibility index (Phi) is 2.11. The van der Waals surface area contributed by atoms with E-state index in [9.17, 15) is 5.21 Å². The van der Waals surface area contributed by atoms with E-state index >= 15 is 0 Å². The molecule has 0 spiro atoms. The second kappa shape index (κ2) is 2.39. The Balaban J connectivity index is 3.56. The summed E-state index contributed by atoms with van der Waals surface area (Å²) >= 11 is 0. The summed E-state index contributed by atoms with van der Waals surface area (Å²) in [4.78, 5) is 0.222. The first kappa shape index (κ1) is 6.20. The molecule has 0 saturated heterocycles. The van der Waals surface area contributed by atoms with E-state index < -0.39 is 0 Å². The Labute approximate surface area is 41.6 Å². The van der Waals surface area contributed by atoms with Crippen molar-refractivity contribution in [1.29, 1.82) is 0 Å². The van der Waals surface area contributed by atoms with Crippen LogP contribution in [0.1, 0.15) is 13.8 Å². The van der Waals surface area contributed by atoms with Crippen LogP contribution in [-0.2, 0) is 0 Å². The molecule has 4 nitrogen and oxygen atoms in total. The summed E-state index contributed by atoms with van der Waals surface area (Å²) in [5.74, 6) is 0. The van der Waals surface area contributed by atoms with Gasteiger partial charge in [-0.25, -0.2) is 0 Å². The molecule has 0 bridgehead atoms. The highest BCUT2D eigenvalue weighted by Crippen LogP contribution is 1.83. The third kappa shape index (κ3) is 1.97. The highest BCUT2D eigenvalue weighted by molar-refractivity contribution is 4.26. The van der Waals surface area contributed by atoms with Crippen molar-refractivity contribution in [2.75, 3.05) is 0 Å². The van der Waals surface area contributed by atoms with Crippen molar-refractivity contribution < 1.29 is 10.1 Å². The lowest BCUT2D eigenvalue weighted by Crippen LogP contribution is -2.10. The van der Waals surface area contributed by atoms with Gasteiger partial charge in [-0.1, -0.05) is 4.86 Å². The van der Waals surface area contributed by atoms with Gasteiger partial charge in [-0.3, -0.25) is 0 Å². The highest BCUT2D eigenvalue weighted by atomic mass is 16.6. The van der Waals surface area contributed by atoms with E-state index in [1.807, 2.05) is 0 Å². The van der Waals surface area contributed by atoms with E-state index in [0.717, 1.165) is 0 Å². The fourth-order valence-corrected chi connectivity index (χ4v) is 0.103. The van der Waals surface area contributed by atoms with Crippen LogP contribution >= 0.6 is 0 Å². The molecule has 0 fully saturated rings. The molecular formula is C3H8N2O2. The van der Waals surface area contributed by atoms with Crippen LogP contribution in [0.15, 0.2) is 5.28 Å². The fourth-order valence-electron chi connectivity index (χ4n) is 0.103. The molecule has 7 heavy (non-hydrogen) atoms. The lowest BCUT2D eigenvalue weighted by Gasteiger charge is -1.97. The molecule has 0 atom stereocenters. The SMILES string of the molecule is CC(C)/[N+]([O-])=N\O. The molecule has 0 aliphatic rings. The number of rotatable bonds is 1. The topological polar surface area (TPSA) is 58.7 Å². The van der Waals surface area contributed by atoms with Gasteiger partial charge in [-0.05, 0) is 0 Å². The van der Waals surface area contributed by atoms with Gasteiger partial charge < -0.3 is 10.4 Å². The maximum Gasteiger partial charge on any atom is 0.197 e. The van der Waals surface area contributed by atoms with Gasteiger partial charge in [0.05, 0.1) is 0 Å². The number of nitrogens with zero attached hydrogens (tertiary/aromatic N) is 2. The molecule has 0 aromatic rings. The van der Waals surface area contributed by atoms with E-state index in [1.165, 1.54) is 0 Å². The van der Waals surface area contributed by atoms with Gasteiger partial charge in [0.15, 0.2) is 11.3 Å². The molecule has 1 N–H and O–H groups in total. The summed E-state index contributed by atoms with van der Waals surface area (Å²) < 4.78 is 0. The van der Waals surface area contributed by atoms with Crippen LogP contribution in [0.5, 0.6) is 0 Å². The largest absolute Gasteiger partial charge is 0.597 e. The predicted octanol–water partition coefficient (Wildman–Crippen LogP) is 0.746. The summed E-state index contributed by atoms with van der Waals surface area (Å²) in [5, 5.41) is 20.1. The minimum absolute atomic E-state index is 0.222. The van der Waals surface area contributed by atoms with E-state index in [2.05, 4.69) is 5.28 Å². The summed E-state index contributed by atoms with van der Waals surface area (Å²) in [5.41, 5.74) is 0. The fraction of sp³-hybridized carbons (Fsp3) is 1.00. The van der Waals surface area contributed by atoms with Crippen molar-refractivity contribution in [2.24, 2.45) is 5.28 Å². The normalized spacial score (nSPS) is 12.7. The molecule has 0 unspecified atom stereocenters. The van der Waals surface area contributed by atoms with Gasteiger partial charge in [-0.15, -0.1) is 0 Å². The van der Waals surface area contributed by atoms with Crippen LogP contribution in [0.25, 0.3) is 0 Å². The Morgan fingerprint density at radius 2 is 2.14 bits per heavy atom. The first-order chi connectivity index (χ1) is 3.18. The van der Waals surface area contributed by atoms with Gasteiger partial charge in [0.1, 0.15) is 0 Å². The highest BCUT2D eigenvalue weighted by Gasteiger charge is 1.98. The van der Waals surface area contributed by atoms with Crippen molar-refractivity contribution in [3.8, 4) is 0 Å². The summed E-state index contributed by atoms with van der Waals surface area (Å²) in [7, 11) is 0. The predicted molar refractivity (Wildman–Crippen MR) is 23.0 cm³/mol. The third-order valence-electron chi connectivity index (χ3n) is 0.530. The van der Waals surface area contributed by atoms with Crippen molar-refractivity contribution in [3.05, 3.63) is 5.21 Å². The minimum Gasteiger partial charge on any atom is -0.597 e. The van der Waals surface area contributed by atoms with E-state index in [0.29, 0.717) is 0 Å². The molecule has 0 rings (SSSR count). The molecule has 0 aromatic carbocycles. The monoisotopic (exact) mass is 104 g/mol. The Bertz CT molecular complexity index is 79.0. The van der Waals surface area contributed by atoms with Gasteiger partial charge in [0.25, 0.3) is 0 Å². The standard InChI is InChI=1S/C3H8N2O2/c1-3(2)5(7)4-6/h3,6H,1-2H3/b5-4+. The van der Waals surface area contributed by atoms with Crippen LogP contribution in [0.2, 0.25) is 0 Å². The first-order valence-corrected chi connectivity index (χ1v) is 2.00. The van der Waals surface area contributed by atoms with Crippen LogP contribution < -0.4 is 0 Å². The molecule has 4 heteroatoms. The minimum atomic E-state index is -0.273. The average Bonchev–Trinajstić information content (AvgIpc) is 1.65. The second-order valence-corrected chi connectivity index (χ2v) is 1.49. The van der Waals surface area contributed by atoms with Gasteiger partial charge in [0.2, 0.25) is 0 Å². The second-order valence-electron chi connectivity index (χ2n) is 1.49. The number of hydrogen-bond acceptors (Lipinski definition) is 2. The lowest BCUT2D eigenvalue weighted by molar-refractivity contribution is -0.584. The molecule has 0 amide bonds. The molecule has 0 aliphatic heterocycles. The van der Waals surface area contributed by atoms with Crippen molar-refractivity contribution in [1.82, 2.24) is 0 Å². The third-order valence-corrected chi connectivity index (χ3v) is 0.530. The quantitative estimate of drug-likeness (QED) is 0.303. The zero-order valence-electron chi connectivity index (χ0n) is 4.33. The smallest absolute Gasteiger partial charge is 0.197 e. The summed E-state index contributed by atoms with van der Waals surface area (Å²) in [6.45, 7) is 3.26. The van der Waals surface area contributed by atoms with Gasteiger partial charge in [-0.2, -0.15) is 0 Å². The number of hydroxylamine groups is 1. The number of hydrogen-bond donors (Lipinski definition) is 1. The van der Waals surface area contributed by atoms with Crippen LogP contribution in [-0.4, -0.2) is 16.1 Å². The van der Waals surface area contributed by atoms with Crippen molar-refractivity contribution >= 4 is 0 Å². The zero-order chi connectivity index (χ0) is 5.86. The molecular weight excluding hydrogens is 96.0 g/mol. The maximum absolute atomic E-state index is 10.0. The van der Waals surface area contributed by atoms with Crippen LogP contribution in [0, 0.1) is 5.21 Å². The first-order valence-electron chi connectivity index (χ1n) is 2.00. The molecule has 42 valence electrons. The summed E-state index contributed by atoms with van der Waals surface area (Å²) in [6.07, 6.45) is 0. The van der Waals surface area contributed by atoms with Gasteiger partial charge in [0, 0.05) is 13.8 Å². The van der Waals surface area contributed by atoms with Crippen molar-refractivity contribution in [3.63, 3.8) is 0 Å². The van der Waals surface area contributed by atoms with Crippen LogP contribution in [0.3, 0.4) is 0 Å². The van der Waals surface area contributed by atoms with Crippen molar-refractivity contribution in [2.45, 2.75) is 19.9 Å². The maximum atomic E-state index is 10.0. The summed E-state index contributed by atoms with van der Waals surface area (Å²) in [6, 6.07) is -0.273. The molecule has 0 aromatic heterocycles. The van der Waals surface area contributed by atoms with E-state index in [4.69, 9.17) is 5.21 Å². The Morgan fingerprint density at radius 1 is 1.71 bits per heavy atom. The average molecular weight is 104 g/mol. The molecule has 0 radical (unpaired) electrons. The molecule has 0 heterocycles. The van der Waals surface area contributed by atoms with E-state index in [-0.39, 0.29) is 10.9 Å². The molecule has 0 aliphatic carbocycles. The zero-order valence-corrected chi connectivity index (χ0v) is 4.33. The van der Waals surface area contributed by atoms with Crippen LogP contribution in [0.4, 0.5) is 0 Å². The van der Waals surface area contributed by atoms with E-state index in [1.54, 1.807) is 13.8 Å². The van der Waals surface area contributed by atoms with Gasteiger partial charge >= 0.3 is 0 Å². The molecule has 0 saturated carbocycles. The Hall–Kier alpha value is -0.800. The lowest BCUT2D eigenvalue weighted by atomic mass is 10.4. The Morgan fingerprint density at radius 3 is 2.14 bits per heavy atom.